The maximum absolute atomic E-state index is 5.72. The van der Waals surface area contributed by atoms with Crippen LogP contribution in [0.1, 0.15) is 31.2 Å². The Hall–Kier alpha value is -0.980. The van der Waals surface area contributed by atoms with Gasteiger partial charge in [0, 0.05) is 13.6 Å². The molecule has 23 heavy (non-hydrogen) atoms. The molecule has 0 aliphatic heterocycles. The Balaban J connectivity index is 0.00000192. The summed E-state index contributed by atoms with van der Waals surface area (Å²) in [6.45, 7) is 4.53. The Bertz CT molecular complexity index is 522. The van der Waals surface area contributed by atoms with Crippen molar-refractivity contribution in [1.29, 1.82) is 0 Å². The van der Waals surface area contributed by atoms with Crippen LogP contribution in [0.2, 0.25) is 0 Å². The van der Waals surface area contributed by atoms with Gasteiger partial charge < -0.3 is 15.4 Å². The van der Waals surface area contributed by atoms with Crippen molar-refractivity contribution in [2.75, 3.05) is 26.7 Å². The summed E-state index contributed by atoms with van der Waals surface area (Å²) < 4.78 is 5.72. The van der Waals surface area contributed by atoms with Crippen LogP contribution in [0, 0.1) is 18.3 Å². The molecular formula is C18H28IN3O. The molecule has 0 bridgehead atoms. The minimum atomic E-state index is 0. The summed E-state index contributed by atoms with van der Waals surface area (Å²) in [7, 11) is 1.83. The van der Waals surface area contributed by atoms with Crippen molar-refractivity contribution >= 4 is 29.9 Å². The van der Waals surface area contributed by atoms with Gasteiger partial charge in [-0.05, 0) is 56.1 Å². The molecule has 1 aromatic carbocycles. The molecule has 0 spiro atoms. The monoisotopic (exact) mass is 429 g/mol. The number of nitrogens with one attached hydrogen (secondary N) is 2. The van der Waals surface area contributed by atoms with E-state index >= 15 is 0 Å². The minimum absolute atomic E-state index is 0. The number of halogens is 1. The van der Waals surface area contributed by atoms with Crippen molar-refractivity contribution < 1.29 is 4.74 Å². The first kappa shape index (κ1) is 18.4. The Labute approximate surface area is 156 Å². The Kier molecular flexibility index (Phi) is 6.56. The van der Waals surface area contributed by atoms with Gasteiger partial charge in [-0.1, -0.05) is 17.7 Å². The molecule has 2 aliphatic rings. The second kappa shape index (κ2) is 8.22. The summed E-state index contributed by atoms with van der Waals surface area (Å²) in [5, 5.41) is 6.81. The summed E-state index contributed by atoms with van der Waals surface area (Å²) in [5.41, 5.74) is 1.84. The van der Waals surface area contributed by atoms with E-state index < -0.39 is 0 Å². The summed E-state index contributed by atoms with van der Waals surface area (Å²) in [6, 6.07) is 8.15. The van der Waals surface area contributed by atoms with Crippen molar-refractivity contribution in [2.24, 2.45) is 16.3 Å². The quantitative estimate of drug-likeness (QED) is 0.303. The zero-order chi connectivity index (χ0) is 15.4. The minimum Gasteiger partial charge on any atom is -0.492 e. The standard InChI is InChI=1S/C18H27N3O.HI/c1-14-3-7-16(8-4-14)22-12-11-20-17(19-2)21-13-18(9-10-18)15-5-6-15;/h3-4,7-8,15H,5-6,9-13H2,1-2H3,(H2,19,20,21);1H. The van der Waals surface area contributed by atoms with Gasteiger partial charge in [-0.25, -0.2) is 0 Å². The van der Waals surface area contributed by atoms with Crippen molar-refractivity contribution in [3.8, 4) is 5.75 Å². The van der Waals surface area contributed by atoms with Crippen LogP contribution in [0.3, 0.4) is 0 Å². The lowest BCUT2D eigenvalue weighted by Gasteiger charge is -2.18. The molecule has 0 saturated heterocycles. The molecule has 3 rings (SSSR count). The highest BCUT2D eigenvalue weighted by Gasteiger charge is 2.53. The number of aryl methyl sites for hydroxylation is 1. The van der Waals surface area contributed by atoms with E-state index in [1.54, 1.807) is 0 Å². The number of benzene rings is 1. The number of ether oxygens (including phenoxy) is 1. The Morgan fingerprint density at radius 2 is 1.91 bits per heavy atom. The zero-order valence-electron chi connectivity index (χ0n) is 14.1. The van der Waals surface area contributed by atoms with Crippen LogP contribution < -0.4 is 15.4 Å². The highest BCUT2D eigenvalue weighted by Crippen LogP contribution is 2.60. The van der Waals surface area contributed by atoms with E-state index in [2.05, 4.69) is 34.7 Å². The van der Waals surface area contributed by atoms with Crippen molar-refractivity contribution in [3.05, 3.63) is 29.8 Å². The van der Waals surface area contributed by atoms with Crippen LogP contribution in [0.4, 0.5) is 0 Å². The van der Waals surface area contributed by atoms with Gasteiger partial charge in [-0.15, -0.1) is 24.0 Å². The highest BCUT2D eigenvalue weighted by molar-refractivity contribution is 14.0. The van der Waals surface area contributed by atoms with E-state index in [1.165, 1.54) is 31.2 Å². The normalized spacial score (nSPS) is 18.8. The van der Waals surface area contributed by atoms with Crippen LogP contribution in [-0.4, -0.2) is 32.7 Å². The molecular weight excluding hydrogens is 401 g/mol. The molecule has 1 aromatic rings. The largest absolute Gasteiger partial charge is 0.492 e. The summed E-state index contributed by atoms with van der Waals surface area (Å²) >= 11 is 0. The fourth-order valence-electron chi connectivity index (χ4n) is 3.04. The molecule has 0 radical (unpaired) electrons. The van der Waals surface area contributed by atoms with Gasteiger partial charge in [0.15, 0.2) is 5.96 Å². The van der Waals surface area contributed by atoms with Crippen LogP contribution >= 0.6 is 24.0 Å². The zero-order valence-corrected chi connectivity index (χ0v) is 16.4. The maximum atomic E-state index is 5.72. The smallest absolute Gasteiger partial charge is 0.191 e. The maximum Gasteiger partial charge on any atom is 0.191 e. The average molecular weight is 429 g/mol. The van der Waals surface area contributed by atoms with Gasteiger partial charge >= 0.3 is 0 Å². The molecule has 2 N–H and O–H groups in total. The number of hydrogen-bond acceptors (Lipinski definition) is 2. The fourth-order valence-corrected chi connectivity index (χ4v) is 3.04. The van der Waals surface area contributed by atoms with Crippen LogP contribution in [0.15, 0.2) is 29.3 Å². The lowest BCUT2D eigenvalue weighted by Crippen LogP contribution is -2.42. The molecule has 0 amide bonds. The van der Waals surface area contributed by atoms with E-state index in [-0.39, 0.29) is 24.0 Å². The second-order valence-corrected chi connectivity index (χ2v) is 6.65. The molecule has 5 heteroatoms. The molecule has 0 atom stereocenters. The van der Waals surface area contributed by atoms with E-state index in [0.717, 1.165) is 30.7 Å². The first-order valence-electron chi connectivity index (χ1n) is 8.36. The summed E-state index contributed by atoms with van der Waals surface area (Å²) in [6.07, 6.45) is 5.63. The predicted molar refractivity (Wildman–Crippen MR) is 106 cm³/mol. The van der Waals surface area contributed by atoms with Gasteiger partial charge in [0.1, 0.15) is 12.4 Å². The number of rotatable bonds is 7. The second-order valence-electron chi connectivity index (χ2n) is 6.65. The van der Waals surface area contributed by atoms with Crippen molar-refractivity contribution in [3.63, 3.8) is 0 Å². The molecule has 4 nitrogen and oxygen atoms in total. The topological polar surface area (TPSA) is 45.7 Å². The van der Waals surface area contributed by atoms with Crippen molar-refractivity contribution in [2.45, 2.75) is 32.6 Å². The molecule has 2 saturated carbocycles. The lowest BCUT2D eigenvalue weighted by molar-refractivity contribution is 0.321. The third kappa shape index (κ3) is 5.26. The molecule has 2 fully saturated rings. The fraction of sp³-hybridized carbons (Fsp3) is 0.611. The number of nitrogens with zero attached hydrogens (tertiary/aromatic N) is 1. The predicted octanol–water partition coefficient (Wildman–Crippen LogP) is 3.35. The van der Waals surface area contributed by atoms with Crippen molar-refractivity contribution in [1.82, 2.24) is 10.6 Å². The average Bonchev–Trinajstić information content (AvgIpc) is 3.40. The molecule has 0 unspecified atom stereocenters. The van der Waals surface area contributed by atoms with E-state index in [0.29, 0.717) is 12.0 Å². The van der Waals surface area contributed by atoms with Crippen LogP contribution in [-0.2, 0) is 0 Å². The van der Waals surface area contributed by atoms with E-state index in [4.69, 9.17) is 4.74 Å². The third-order valence-electron chi connectivity index (χ3n) is 4.85. The first-order chi connectivity index (χ1) is 10.7. The van der Waals surface area contributed by atoms with Gasteiger partial charge in [-0.3, -0.25) is 4.99 Å². The molecule has 0 aromatic heterocycles. The molecule has 2 aliphatic carbocycles. The number of aliphatic imine (C=N–C) groups is 1. The van der Waals surface area contributed by atoms with Crippen LogP contribution in [0.5, 0.6) is 5.75 Å². The first-order valence-corrected chi connectivity index (χ1v) is 8.36. The van der Waals surface area contributed by atoms with Gasteiger partial charge in [0.05, 0.1) is 6.54 Å². The van der Waals surface area contributed by atoms with Crippen LogP contribution in [0.25, 0.3) is 0 Å². The molecule has 128 valence electrons. The Morgan fingerprint density at radius 1 is 1.22 bits per heavy atom. The van der Waals surface area contributed by atoms with Gasteiger partial charge in [0.25, 0.3) is 0 Å². The van der Waals surface area contributed by atoms with E-state index in [1.807, 2.05) is 19.2 Å². The Morgan fingerprint density at radius 3 is 2.48 bits per heavy atom. The SMILES string of the molecule is CN=C(NCCOc1ccc(C)cc1)NCC1(C2CC2)CC1.I. The number of hydrogen-bond donors (Lipinski definition) is 2. The summed E-state index contributed by atoms with van der Waals surface area (Å²) in [4.78, 5) is 4.29. The summed E-state index contributed by atoms with van der Waals surface area (Å²) in [5.74, 6) is 2.78. The van der Waals surface area contributed by atoms with Gasteiger partial charge in [-0.2, -0.15) is 0 Å². The third-order valence-corrected chi connectivity index (χ3v) is 4.85. The molecule has 0 heterocycles. The van der Waals surface area contributed by atoms with E-state index in [9.17, 15) is 0 Å². The van der Waals surface area contributed by atoms with Gasteiger partial charge in [0.2, 0.25) is 0 Å². The highest BCUT2D eigenvalue weighted by atomic mass is 127. The number of guanidine groups is 1. The lowest BCUT2D eigenvalue weighted by atomic mass is 10.0.